The van der Waals surface area contributed by atoms with E-state index in [1.54, 1.807) is 11.9 Å². The van der Waals surface area contributed by atoms with E-state index in [0.717, 1.165) is 43.0 Å². The van der Waals surface area contributed by atoms with Crippen molar-refractivity contribution in [3.05, 3.63) is 48.0 Å². The van der Waals surface area contributed by atoms with Gasteiger partial charge in [-0.3, -0.25) is 0 Å². The molecule has 4 rings (SSSR count). The summed E-state index contributed by atoms with van der Waals surface area (Å²) < 4.78 is 20.8. The van der Waals surface area contributed by atoms with Crippen LogP contribution in [0, 0.1) is 0 Å². The van der Waals surface area contributed by atoms with Gasteiger partial charge in [-0.15, -0.1) is 0 Å². The smallest absolute Gasteiger partial charge is 0.457 e. The number of likely N-dealkylation sites (N-methyl/N-ethyl adjacent to an activating group) is 1. The van der Waals surface area contributed by atoms with Gasteiger partial charge in [-0.05, 0) is 94.1 Å². The van der Waals surface area contributed by atoms with Gasteiger partial charge in [0.25, 0.3) is 0 Å². The van der Waals surface area contributed by atoms with Gasteiger partial charge in [0, 0.05) is 31.1 Å². The molecule has 0 amide bonds. The second-order valence-electron chi connectivity index (χ2n) is 9.50. The first kappa shape index (κ1) is 23.6. The molecular weight excluding hydrogens is 423 g/mol. The maximum Gasteiger partial charge on any atom is 0.495 e. The predicted molar refractivity (Wildman–Crippen MR) is 130 cm³/mol. The Bertz CT molecular complexity index is 914. The quantitative estimate of drug-likeness (QED) is 0.527. The summed E-state index contributed by atoms with van der Waals surface area (Å²) in [5.74, 6) is 1.44. The number of piperazine rings is 1. The van der Waals surface area contributed by atoms with Crippen molar-refractivity contribution in [3.63, 3.8) is 0 Å². The molecule has 6 nitrogen and oxygen atoms in total. The number of rotatable bonds is 6. The minimum absolute atomic E-state index is 0.114. The molecule has 0 radical (unpaired) electrons. The van der Waals surface area contributed by atoms with Crippen LogP contribution in [-0.2, 0) is 15.9 Å². The number of aliphatic hydroxyl groups excluding tert-OH is 1. The van der Waals surface area contributed by atoms with Crippen molar-refractivity contribution in [2.45, 2.75) is 50.4 Å². The second kappa shape index (κ2) is 9.37. The Labute approximate surface area is 196 Å². The molecule has 2 saturated heterocycles. The molecule has 1 N–H and O–H groups in total. The highest BCUT2D eigenvalue weighted by Crippen LogP contribution is 2.37. The Morgan fingerprint density at radius 2 is 1.53 bits per heavy atom. The van der Waals surface area contributed by atoms with E-state index < -0.39 is 18.3 Å². The second-order valence-corrected chi connectivity index (χ2v) is 10.7. The summed E-state index contributed by atoms with van der Waals surface area (Å²) in [4.78, 5) is 3.56. The fourth-order valence-corrected chi connectivity index (χ4v) is 4.62. The maximum atomic E-state index is 9.96. The monoisotopic (exact) mass is 456 g/mol. The largest absolute Gasteiger partial charge is 0.495 e. The Hall–Kier alpha value is -1.55. The highest BCUT2D eigenvalue weighted by molar-refractivity contribution is 7.97. The van der Waals surface area contributed by atoms with Crippen molar-refractivity contribution in [2.75, 3.05) is 33.2 Å². The summed E-state index contributed by atoms with van der Waals surface area (Å²) in [6, 6.07) is 13.8. The van der Waals surface area contributed by atoms with Gasteiger partial charge >= 0.3 is 7.12 Å². The summed E-state index contributed by atoms with van der Waals surface area (Å²) in [6.07, 6.45) is 0. The lowest BCUT2D eigenvalue weighted by molar-refractivity contribution is 0.00578. The van der Waals surface area contributed by atoms with Crippen molar-refractivity contribution >= 4 is 24.5 Å². The number of nitrogens with zero attached hydrogens (tertiary/aromatic N) is 2. The zero-order valence-electron chi connectivity index (χ0n) is 19.6. The predicted octanol–water partition coefficient (Wildman–Crippen LogP) is 3.52. The van der Waals surface area contributed by atoms with Crippen LogP contribution in [0.2, 0.25) is 0 Å². The van der Waals surface area contributed by atoms with E-state index in [0.29, 0.717) is 5.75 Å². The van der Waals surface area contributed by atoms with E-state index in [9.17, 15) is 5.11 Å². The van der Waals surface area contributed by atoms with Crippen LogP contribution in [0.1, 0.15) is 33.3 Å². The van der Waals surface area contributed by atoms with Gasteiger partial charge in [0.2, 0.25) is 0 Å². The van der Waals surface area contributed by atoms with Gasteiger partial charge in [0.15, 0.2) is 0 Å². The number of benzene rings is 2. The molecule has 0 atom stereocenters. The lowest BCUT2D eigenvalue weighted by Gasteiger charge is -2.32. The number of hydrogen-bond donors (Lipinski definition) is 1. The van der Waals surface area contributed by atoms with E-state index in [2.05, 4.69) is 28.4 Å². The van der Waals surface area contributed by atoms with Crippen molar-refractivity contribution < 1.29 is 19.2 Å². The van der Waals surface area contributed by atoms with Crippen LogP contribution in [0.3, 0.4) is 0 Å². The van der Waals surface area contributed by atoms with Crippen molar-refractivity contribution in [1.29, 1.82) is 0 Å². The van der Waals surface area contributed by atoms with E-state index >= 15 is 0 Å². The normalized spacial score (nSPS) is 21.1. The number of hydrogen-bond acceptors (Lipinski definition) is 7. The van der Waals surface area contributed by atoms with E-state index in [4.69, 9.17) is 14.0 Å². The molecule has 0 aromatic heterocycles. The third kappa shape index (κ3) is 5.16. The van der Waals surface area contributed by atoms with Gasteiger partial charge in [-0.2, -0.15) is 0 Å². The zero-order chi connectivity index (χ0) is 22.9. The Kier molecular flexibility index (Phi) is 6.91. The van der Waals surface area contributed by atoms with Crippen LogP contribution in [0.5, 0.6) is 11.5 Å². The van der Waals surface area contributed by atoms with Gasteiger partial charge in [0.1, 0.15) is 11.5 Å². The average molecular weight is 456 g/mol. The molecule has 0 aliphatic carbocycles. The lowest BCUT2D eigenvalue weighted by atomic mass is 9.76. The number of ether oxygens (including phenoxy) is 1. The first-order valence-corrected chi connectivity index (χ1v) is 11.9. The minimum Gasteiger partial charge on any atom is -0.457 e. The summed E-state index contributed by atoms with van der Waals surface area (Å²) in [6.45, 7) is 12.3. The van der Waals surface area contributed by atoms with Crippen molar-refractivity contribution in [1.82, 2.24) is 9.21 Å². The highest BCUT2D eigenvalue weighted by Gasteiger charge is 2.52. The topological polar surface area (TPSA) is 54.4 Å². The first-order chi connectivity index (χ1) is 15.2. The molecule has 2 aromatic rings. The van der Waals surface area contributed by atoms with Gasteiger partial charge in [0.05, 0.1) is 17.8 Å². The molecule has 0 saturated carbocycles. The standard InChI is InChI=1S/C24H33BN2O4S/c1-23(2)24(3,4)31-25(30-23)22-11-8-20(16-18(22)17-28)29-19-6-9-21(10-7-19)32-27-14-12-26(5)13-15-27/h6-11,16,28H,12-15,17H2,1-5H3. The average Bonchev–Trinajstić information content (AvgIpc) is 2.98. The maximum absolute atomic E-state index is 9.96. The molecule has 0 bridgehead atoms. The van der Waals surface area contributed by atoms with Gasteiger partial charge in [-0.25, -0.2) is 4.31 Å². The molecule has 2 aliphatic rings. The SMILES string of the molecule is CN1CCN(Sc2ccc(Oc3ccc(B4OC(C)(C)C(C)(C)O4)c(CO)c3)cc2)CC1. The van der Waals surface area contributed by atoms with Crippen LogP contribution < -0.4 is 10.2 Å². The van der Waals surface area contributed by atoms with Crippen molar-refractivity contribution in [2.24, 2.45) is 0 Å². The number of aliphatic hydroxyl groups is 1. The van der Waals surface area contributed by atoms with Crippen molar-refractivity contribution in [3.8, 4) is 11.5 Å². The Morgan fingerprint density at radius 3 is 2.12 bits per heavy atom. The van der Waals surface area contributed by atoms with E-state index in [1.807, 2.05) is 58.0 Å². The first-order valence-electron chi connectivity index (χ1n) is 11.2. The molecule has 0 spiro atoms. The van der Waals surface area contributed by atoms with Crippen LogP contribution in [0.25, 0.3) is 0 Å². The van der Waals surface area contributed by atoms with Crippen LogP contribution >= 0.6 is 11.9 Å². The van der Waals surface area contributed by atoms with Crippen LogP contribution in [-0.4, -0.2) is 65.9 Å². The molecule has 2 aromatic carbocycles. The third-order valence-electron chi connectivity index (χ3n) is 6.55. The van der Waals surface area contributed by atoms with Gasteiger partial charge in [-0.1, -0.05) is 6.07 Å². The van der Waals surface area contributed by atoms with Crippen LogP contribution in [0.15, 0.2) is 47.4 Å². The Morgan fingerprint density at radius 1 is 0.938 bits per heavy atom. The fourth-order valence-electron chi connectivity index (χ4n) is 3.72. The Balaban J connectivity index is 1.41. The van der Waals surface area contributed by atoms with E-state index in [-0.39, 0.29) is 6.61 Å². The molecule has 2 fully saturated rings. The fraction of sp³-hybridized carbons (Fsp3) is 0.500. The van der Waals surface area contributed by atoms with Gasteiger partial charge < -0.3 is 24.1 Å². The minimum atomic E-state index is -0.512. The summed E-state index contributed by atoms with van der Waals surface area (Å²) in [5.41, 5.74) is 0.716. The summed E-state index contributed by atoms with van der Waals surface area (Å²) in [7, 11) is 1.65. The molecule has 32 heavy (non-hydrogen) atoms. The molecule has 2 heterocycles. The molecule has 0 unspecified atom stereocenters. The summed E-state index contributed by atoms with van der Waals surface area (Å²) in [5, 5.41) is 9.96. The van der Waals surface area contributed by atoms with Crippen LogP contribution in [0.4, 0.5) is 0 Å². The molecule has 2 aliphatic heterocycles. The third-order valence-corrected chi connectivity index (χ3v) is 7.65. The zero-order valence-corrected chi connectivity index (χ0v) is 20.4. The lowest BCUT2D eigenvalue weighted by Crippen LogP contribution is -2.41. The molecule has 172 valence electrons. The molecular formula is C24H33BN2O4S. The van der Waals surface area contributed by atoms with E-state index in [1.165, 1.54) is 4.90 Å². The molecule has 8 heteroatoms. The summed E-state index contributed by atoms with van der Waals surface area (Å²) >= 11 is 1.79. The highest BCUT2D eigenvalue weighted by atomic mass is 32.2.